The summed E-state index contributed by atoms with van der Waals surface area (Å²) in [6.45, 7) is 0. The van der Waals surface area contributed by atoms with Gasteiger partial charge in [0.05, 0.1) is 5.69 Å². The van der Waals surface area contributed by atoms with Crippen molar-refractivity contribution >= 4 is 6.08 Å². The lowest BCUT2D eigenvalue weighted by molar-refractivity contribution is -0.436. The van der Waals surface area contributed by atoms with E-state index in [2.05, 4.69) is 4.98 Å². The number of allylic oxidation sites excluding steroid dienone is 1. The Balaban J connectivity index is 3.39. The Morgan fingerprint density at radius 3 is 1.52 bits per heavy atom. The first kappa shape index (κ1) is 23.0. The normalized spacial score (nSPS) is 15.4. The van der Waals surface area contributed by atoms with Crippen LogP contribution in [0, 0.1) is 0 Å². The predicted molar refractivity (Wildman–Crippen MR) is 64.1 cm³/mol. The summed E-state index contributed by atoms with van der Waals surface area (Å²) in [5.41, 5.74) is -0.552. The third-order valence-electron chi connectivity index (χ3n) is 3.11. The molecule has 1 rings (SSSR count). The van der Waals surface area contributed by atoms with E-state index in [0.717, 1.165) is 18.3 Å². The maximum Gasteiger partial charge on any atom is 0.460 e. The van der Waals surface area contributed by atoms with Gasteiger partial charge in [0, 0.05) is 6.20 Å². The maximum atomic E-state index is 13.4. The Kier molecular flexibility index (Phi) is 5.58. The second-order valence-corrected chi connectivity index (χ2v) is 5.01. The molecular weight excluding hydrogens is 417 g/mol. The zero-order valence-electron chi connectivity index (χ0n) is 12.3. The number of hydrogen-bond acceptors (Lipinski definition) is 1. The van der Waals surface area contributed by atoms with Gasteiger partial charge in [0.25, 0.3) is 0 Å². The summed E-state index contributed by atoms with van der Waals surface area (Å²) >= 11 is 0. The third-order valence-corrected chi connectivity index (χ3v) is 3.11. The van der Waals surface area contributed by atoms with Gasteiger partial charge in [-0.05, 0) is 24.3 Å². The van der Waals surface area contributed by atoms with Crippen LogP contribution >= 0.6 is 0 Å². The Morgan fingerprint density at radius 1 is 0.630 bits per heavy atom. The lowest BCUT2D eigenvalue weighted by Crippen LogP contribution is -2.69. The van der Waals surface area contributed by atoms with Crippen LogP contribution < -0.4 is 0 Å². The quantitative estimate of drug-likeness (QED) is 0.525. The van der Waals surface area contributed by atoms with Crippen molar-refractivity contribution in [3.63, 3.8) is 0 Å². The summed E-state index contributed by atoms with van der Waals surface area (Å²) in [6, 6.07) is 3.23. The molecule has 0 N–H and O–H groups in total. The highest BCUT2D eigenvalue weighted by molar-refractivity contribution is 5.46. The molecule has 0 radical (unpaired) electrons. The molecule has 0 amide bonds. The van der Waals surface area contributed by atoms with E-state index in [4.69, 9.17) is 0 Å². The molecule has 0 fully saturated rings. The first-order valence-corrected chi connectivity index (χ1v) is 6.39. The lowest BCUT2D eigenvalue weighted by Gasteiger charge is -2.39. The van der Waals surface area contributed by atoms with Crippen LogP contribution in [-0.2, 0) is 0 Å². The summed E-state index contributed by atoms with van der Waals surface area (Å²) in [4.78, 5) is 3.28. The van der Waals surface area contributed by atoms with Crippen LogP contribution in [-0.4, -0.2) is 40.8 Å². The van der Waals surface area contributed by atoms with E-state index in [1.165, 1.54) is 6.07 Å². The van der Waals surface area contributed by atoms with E-state index in [-0.39, 0.29) is 6.08 Å². The molecule has 0 saturated carbocycles. The zero-order chi connectivity index (χ0) is 21.5. The smallest absolute Gasteiger partial charge is 0.257 e. The molecule has 1 aromatic heterocycles. The Labute approximate surface area is 141 Å². The molecule has 0 aliphatic heterocycles. The fourth-order valence-corrected chi connectivity index (χ4v) is 1.55. The van der Waals surface area contributed by atoms with Gasteiger partial charge in [-0.2, -0.15) is 57.1 Å². The molecule has 0 bridgehead atoms. The first-order valence-electron chi connectivity index (χ1n) is 6.39. The number of rotatable bonds is 6. The molecule has 14 heteroatoms. The van der Waals surface area contributed by atoms with Gasteiger partial charge < -0.3 is 0 Å². The molecule has 1 heterocycles. The highest BCUT2D eigenvalue weighted by Crippen LogP contribution is 2.60. The summed E-state index contributed by atoms with van der Waals surface area (Å²) in [5.74, 6) is -37.0. The van der Waals surface area contributed by atoms with Gasteiger partial charge in [-0.25, -0.2) is 0 Å². The summed E-state index contributed by atoms with van der Waals surface area (Å²) < 4.78 is 167. The van der Waals surface area contributed by atoms with Gasteiger partial charge >= 0.3 is 35.8 Å². The largest absolute Gasteiger partial charge is 0.460 e. The maximum absolute atomic E-state index is 13.4. The Morgan fingerprint density at radius 2 is 1.11 bits per heavy atom. The number of alkyl halides is 13. The molecule has 27 heavy (non-hydrogen) atoms. The average Bonchev–Trinajstić information content (AvgIpc) is 2.52. The van der Waals surface area contributed by atoms with Gasteiger partial charge in [0.1, 0.15) is 0 Å². The van der Waals surface area contributed by atoms with Gasteiger partial charge in [0.15, 0.2) is 0 Å². The summed E-state index contributed by atoms with van der Waals surface area (Å²) in [7, 11) is 0. The Hall–Kier alpha value is -2.02. The van der Waals surface area contributed by atoms with Crippen molar-refractivity contribution in [2.24, 2.45) is 0 Å². The minimum atomic E-state index is -7.90. The van der Waals surface area contributed by atoms with Gasteiger partial charge in [0.2, 0.25) is 0 Å². The molecule has 0 aliphatic carbocycles. The minimum absolute atomic E-state index is 0.0377. The van der Waals surface area contributed by atoms with Crippen molar-refractivity contribution in [3.8, 4) is 0 Å². The van der Waals surface area contributed by atoms with Gasteiger partial charge in [-0.15, -0.1) is 0 Å². The molecule has 0 aliphatic rings. The fraction of sp³-hybridized carbons (Fsp3) is 0.462. The van der Waals surface area contributed by atoms with Crippen LogP contribution in [0.1, 0.15) is 5.69 Å². The molecule has 0 saturated heterocycles. The summed E-state index contributed by atoms with van der Waals surface area (Å²) in [6.07, 6.45) is -7.59. The topological polar surface area (TPSA) is 12.9 Å². The van der Waals surface area contributed by atoms with E-state index < -0.39 is 47.6 Å². The van der Waals surface area contributed by atoms with Crippen LogP contribution in [0.4, 0.5) is 57.1 Å². The van der Waals surface area contributed by atoms with E-state index in [1.54, 1.807) is 0 Å². The monoisotopic (exact) mass is 423 g/mol. The fourth-order valence-electron chi connectivity index (χ4n) is 1.55. The Bertz CT molecular complexity index is 675. The molecule has 1 nitrogen and oxygen atoms in total. The van der Waals surface area contributed by atoms with Crippen LogP contribution in [0.2, 0.25) is 0 Å². The van der Waals surface area contributed by atoms with E-state index in [1.807, 2.05) is 0 Å². The lowest BCUT2D eigenvalue weighted by atomic mass is 9.93. The van der Waals surface area contributed by atoms with Crippen molar-refractivity contribution in [3.05, 3.63) is 36.2 Å². The molecular formula is C13H6F13N. The van der Waals surface area contributed by atoms with E-state index >= 15 is 0 Å². The number of halogens is 13. The first-order chi connectivity index (χ1) is 11.8. The van der Waals surface area contributed by atoms with E-state index in [0.29, 0.717) is 0 Å². The minimum Gasteiger partial charge on any atom is -0.257 e. The average molecular weight is 423 g/mol. The second-order valence-electron chi connectivity index (χ2n) is 5.01. The highest BCUT2D eigenvalue weighted by atomic mass is 19.4. The molecule has 1 aromatic rings. The van der Waals surface area contributed by atoms with Crippen LogP contribution in [0.5, 0.6) is 0 Å². The van der Waals surface area contributed by atoms with Crippen molar-refractivity contribution in [1.29, 1.82) is 0 Å². The van der Waals surface area contributed by atoms with Crippen LogP contribution in [0.15, 0.2) is 30.5 Å². The van der Waals surface area contributed by atoms with Crippen molar-refractivity contribution in [2.45, 2.75) is 35.8 Å². The molecule has 0 aromatic carbocycles. The van der Waals surface area contributed by atoms with Crippen molar-refractivity contribution < 1.29 is 57.1 Å². The number of pyridine rings is 1. The second kappa shape index (κ2) is 6.55. The van der Waals surface area contributed by atoms with E-state index in [9.17, 15) is 57.1 Å². The highest BCUT2D eigenvalue weighted by Gasteiger charge is 2.90. The summed E-state index contributed by atoms with van der Waals surface area (Å²) in [5, 5.41) is 0. The van der Waals surface area contributed by atoms with Crippen molar-refractivity contribution in [1.82, 2.24) is 4.98 Å². The molecule has 154 valence electrons. The standard InChI is InChI=1S/C13H6F13N/c14-8(15,5-4-7-3-1-2-6-27-7)9(16,17)10(18,19)11(20,21)12(22,23)13(24,25)26/h1-6H/b5-4+. The predicted octanol–water partition coefficient (Wildman–Crippen LogP) is 5.83. The molecule has 0 unspecified atom stereocenters. The molecule has 0 atom stereocenters. The third kappa shape index (κ3) is 3.57. The SMILES string of the molecule is FC(F)(F)C(F)(F)C(F)(F)C(F)(F)C(F)(F)C(F)(F)/C=C/c1ccccn1. The zero-order valence-corrected chi connectivity index (χ0v) is 12.3. The van der Waals surface area contributed by atoms with Crippen LogP contribution in [0.3, 0.4) is 0 Å². The molecule has 0 spiro atoms. The number of hydrogen-bond donors (Lipinski definition) is 0. The van der Waals surface area contributed by atoms with Crippen LogP contribution in [0.25, 0.3) is 6.08 Å². The van der Waals surface area contributed by atoms with Gasteiger partial charge in [-0.1, -0.05) is 6.07 Å². The number of aromatic nitrogens is 1. The van der Waals surface area contributed by atoms with Crippen molar-refractivity contribution in [2.75, 3.05) is 0 Å². The van der Waals surface area contributed by atoms with Gasteiger partial charge in [-0.3, -0.25) is 4.98 Å². The number of nitrogens with zero attached hydrogens (tertiary/aromatic N) is 1.